The molecule has 0 atom stereocenters. The summed E-state index contributed by atoms with van der Waals surface area (Å²) in [7, 11) is 0. The Labute approximate surface area is 101 Å². The first-order valence-corrected chi connectivity index (χ1v) is 5.44. The summed E-state index contributed by atoms with van der Waals surface area (Å²) in [4.78, 5) is 10.8. The lowest BCUT2D eigenvalue weighted by atomic mass is 10.2. The van der Waals surface area contributed by atoms with E-state index in [2.05, 4.69) is 17.2 Å². The van der Waals surface area contributed by atoms with E-state index < -0.39 is 0 Å². The van der Waals surface area contributed by atoms with Crippen molar-refractivity contribution in [3.63, 3.8) is 0 Å². The molecule has 0 heterocycles. The zero-order valence-electron chi connectivity index (χ0n) is 9.82. The maximum Gasteiger partial charge on any atom is 0.234 e. The van der Waals surface area contributed by atoms with Gasteiger partial charge >= 0.3 is 0 Å². The molecule has 0 saturated carbocycles. The highest BCUT2D eigenvalue weighted by Gasteiger charge is 1.93. The topological polar surface area (TPSA) is 64.3 Å². The highest BCUT2D eigenvalue weighted by Crippen LogP contribution is 2.10. The summed E-state index contributed by atoms with van der Waals surface area (Å²) in [6.45, 7) is 2.89. The lowest BCUT2D eigenvalue weighted by Crippen LogP contribution is -2.30. The molecule has 1 amide bonds. The Kier molecular flexibility index (Phi) is 5.62. The fraction of sp³-hybridized carbons (Fsp3) is 0.308. The van der Waals surface area contributed by atoms with Crippen LogP contribution in [0.1, 0.15) is 12.5 Å². The van der Waals surface area contributed by atoms with Crippen LogP contribution in [0, 0.1) is 11.8 Å². The molecule has 1 aromatic rings. The first-order chi connectivity index (χ1) is 8.26. The van der Waals surface area contributed by atoms with Gasteiger partial charge in [-0.25, -0.2) is 0 Å². The van der Waals surface area contributed by atoms with Gasteiger partial charge in [-0.15, -0.1) is 0 Å². The van der Waals surface area contributed by atoms with Crippen LogP contribution in [-0.4, -0.2) is 25.6 Å². The molecule has 0 aromatic heterocycles. The predicted octanol–water partition coefficient (Wildman–Crippen LogP) is 0.512. The molecule has 3 N–H and O–H groups in total. The van der Waals surface area contributed by atoms with Crippen molar-refractivity contribution in [2.24, 2.45) is 5.73 Å². The van der Waals surface area contributed by atoms with Crippen molar-refractivity contribution in [1.29, 1.82) is 0 Å². The summed E-state index contributed by atoms with van der Waals surface area (Å²) < 4.78 is 5.31. The lowest BCUT2D eigenvalue weighted by molar-refractivity contribution is -0.119. The molecule has 0 saturated heterocycles. The van der Waals surface area contributed by atoms with Crippen molar-refractivity contribution in [2.75, 3.05) is 19.7 Å². The highest BCUT2D eigenvalue weighted by molar-refractivity contribution is 5.77. The minimum atomic E-state index is -0.203. The summed E-state index contributed by atoms with van der Waals surface area (Å²) in [5.41, 5.74) is 6.02. The summed E-state index contributed by atoms with van der Waals surface area (Å²) in [6.07, 6.45) is 0. The van der Waals surface area contributed by atoms with E-state index in [1.807, 2.05) is 31.2 Å². The van der Waals surface area contributed by atoms with Crippen LogP contribution in [-0.2, 0) is 4.79 Å². The Morgan fingerprint density at radius 1 is 1.41 bits per heavy atom. The molecule has 4 heteroatoms. The minimum absolute atomic E-state index is 0.00919. The Balaban J connectivity index is 2.46. The molecule has 0 aliphatic rings. The molecule has 0 aliphatic carbocycles. The SMILES string of the molecule is CCOc1ccc(C#CCNC(=O)CN)cc1. The van der Waals surface area contributed by atoms with Gasteiger partial charge in [0.05, 0.1) is 19.7 Å². The van der Waals surface area contributed by atoms with Gasteiger partial charge in [-0.1, -0.05) is 11.8 Å². The van der Waals surface area contributed by atoms with Crippen molar-refractivity contribution in [2.45, 2.75) is 6.92 Å². The molecule has 0 fully saturated rings. The average Bonchev–Trinajstić information content (AvgIpc) is 2.36. The largest absolute Gasteiger partial charge is 0.494 e. The van der Waals surface area contributed by atoms with Gasteiger partial charge in [0.2, 0.25) is 5.91 Å². The monoisotopic (exact) mass is 232 g/mol. The fourth-order valence-corrected chi connectivity index (χ4v) is 1.16. The van der Waals surface area contributed by atoms with Gasteiger partial charge in [0.15, 0.2) is 0 Å². The number of nitrogens with two attached hydrogens (primary N) is 1. The third-order valence-electron chi connectivity index (χ3n) is 1.96. The van der Waals surface area contributed by atoms with Crippen molar-refractivity contribution in [3.8, 4) is 17.6 Å². The van der Waals surface area contributed by atoms with Gasteiger partial charge in [-0.3, -0.25) is 4.79 Å². The Hall–Kier alpha value is -1.99. The second kappa shape index (κ2) is 7.31. The molecule has 0 unspecified atom stereocenters. The molecule has 0 spiro atoms. The smallest absolute Gasteiger partial charge is 0.234 e. The number of nitrogens with one attached hydrogen (secondary N) is 1. The molecule has 1 rings (SSSR count). The predicted molar refractivity (Wildman–Crippen MR) is 66.6 cm³/mol. The second-order valence-corrected chi connectivity index (χ2v) is 3.24. The van der Waals surface area contributed by atoms with Gasteiger partial charge in [-0.2, -0.15) is 0 Å². The highest BCUT2D eigenvalue weighted by atomic mass is 16.5. The van der Waals surface area contributed by atoms with Gasteiger partial charge < -0.3 is 15.8 Å². The van der Waals surface area contributed by atoms with Crippen molar-refractivity contribution in [3.05, 3.63) is 29.8 Å². The number of rotatable bonds is 4. The Bertz CT molecular complexity index is 415. The molecule has 90 valence electrons. The molecule has 0 bridgehead atoms. The molecular formula is C13H16N2O2. The summed E-state index contributed by atoms with van der Waals surface area (Å²) in [5, 5.41) is 2.57. The van der Waals surface area contributed by atoms with E-state index >= 15 is 0 Å². The number of amides is 1. The lowest BCUT2D eigenvalue weighted by Gasteiger charge is -2.01. The third kappa shape index (κ3) is 5.05. The van der Waals surface area contributed by atoms with Gasteiger partial charge in [-0.05, 0) is 31.2 Å². The zero-order chi connectivity index (χ0) is 12.5. The van der Waals surface area contributed by atoms with Crippen LogP contribution in [0.4, 0.5) is 0 Å². The van der Waals surface area contributed by atoms with Gasteiger partial charge in [0, 0.05) is 5.56 Å². The average molecular weight is 232 g/mol. The number of carbonyl (C=O) groups is 1. The third-order valence-corrected chi connectivity index (χ3v) is 1.96. The number of hydrogen-bond acceptors (Lipinski definition) is 3. The number of carbonyl (C=O) groups excluding carboxylic acids is 1. The van der Waals surface area contributed by atoms with Crippen LogP contribution < -0.4 is 15.8 Å². The van der Waals surface area contributed by atoms with E-state index in [-0.39, 0.29) is 12.5 Å². The van der Waals surface area contributed by atoms with Crippen LogP contribution >= 0.6 is 0 Å². The van der Waals surface area contributed by atoms with Crippen LogP contribution in [0.5, 0.6) is 5.75 Å². The van der Waals surface area contributed by atoms with Crippen LogP contribution in [0.3, 0.4) is 0 Å². The van der Waals surface area contributed by atoms with E-state index in [9.17, 15) is 4.79 Å². The molecule has 0 radical (unpaired) electrons. The van der Waals surface area contributed by atoms with E-state index in [0.717, 1.165) is 11.3 Å². The number of benzene rings is 1. The number of ether oxygens (including phenoxy) is 1. The first-order valence-electron chi connectivity index (χ1n) is 5.44. The van der Waals surface area contributed by atoms with E-state index in [1.165, 1.54) is 0 Å². The molecule has 17 heavy (non-hydrogen) atoms. The van der Waals surface area contributed by atoms with Crippen LogP contribution in [0.25, 0.3) is 0 Å². The Morgan fingerprint density at radius 3 is 2.71 bits per heavy atom. The zero-order valence-corrected chi connectivity index (χ0v) is 9.82. The maximum atomic E-state index is 10.8. The van der Waals surface area contributed by atoms with E-state index in [4.69, 9.17) is 10.5 Å². The van der Waals surface area contributed by atoms with Gasteiger partial charge in [0.1, 0.15) is 5.75 Å². The van der Waals surface area contributed by atoms with Crippen molar-refractivity contribution in [1.82, 2.24) is 5.32 Å². The fourth-order valence-electron chi connectivity index (χ4n) is 1.16. The Morgan fingerprint density at radius 2 is 2.12 bits per heavy atom. The first kappa shape index (κ1) is 13.1. The summed E-state index contributed by atoms with van der Waals surface area (Å²) in [5.74, 6) is 6.40. The molecule has 4 nitrogen and oxygen atoms in total. The molecule has 1 aromatic carbocycles. The van der Waals surface area contributed by atoms with E-state index in [1.54, 1.807) is 0 Å². The quantitative estimate of drug-likeness (QED) is 0.743. The van der Waals surface area contributed by atoms with Crippen LogP contribution in [0.15, 0.2) is 24.3 Å². The normalized spacial score (nSPS) is 9.06. The molecular weight excluding hydrogens is 216 g/mol. The number of hydrogen-bond donors (Lipinski definition) is 2. The van der Waals surface area contributed by atoms with Gasteiger partial charge in [0.25, 0.3) is 0 Å². The van der Waals surface area contributed by atoms with Crippen molar-refractivity contribution < 1.29 is 9.53 Å². The minimum Gasteiger partial charge on any atom is -0.494 e. The maximum absolute atomic E-state index is 10.8. The standard InChI is InChI=1S/C13H16N2O2/c1-2-17-12-7-5-11(6-8-12)4-3-9-15-13(16)10-14/h5-8H,2,9-10,14H2,1H3,(H,15,16). The van der Waals surface area contributed by atoms with Crippen LogP contribution in [0.2, 0.25) is 0 Å². The van der Waals surface area contributed by atoms with E-state index in [0.29, 0.717) is 13.2 Å². The summed E-state index contributed by atoms with van der Waals surface area (Å²) in [6, 6.07) is 7.49. The second-order valence-electron chi connectivity index (χ2n) is 3.24. The molecule has 0 aliphatic heterocycles. The summed E-state index contributed by atoms with van der Waals surface area (Å²) >= 11 is 0. The van der Waals surface area contributed by atoms with Crippen molar-refractivity contribution >= 4 is 5.91 Å².